The summed E-state index contributed by atoms with van der Waals surface area (Å²) in [5, 5.41) is 13.2. The van der Waals surface area contributed by atoms with Gasteiger partial charge in [0.25, 0.3) is 0 Å². The van der Waals surface area contributed by atoms with Crippen LogP contribution in [0.15, 0.2) is 42.6 Å². The predicted octanol–water partition coefficient (Wildman–Crippen LogP) is 3.04. The highest BCUT2D eigenvalue weighted by atomic mass is 19.1. The summed E-state index contributed by atoms with van der Waals surface area (Å²) in [6, 6.07) is 11.1. The Bertz CT molecular complexity index is 633. The molecule has 0 aliphatic heterocycles. The Hall–Kier alpha value is -1.78. The number of hydrogen-bond donors (Lipinski definition) is 2. The largest absolute Gasteiger partial charge is 0.396 e. The van der Waals surface area contributed by atoms with Crippen LogP contribution in [-0.4, -0.2) is 23.2 Å². The minimum atomic E-state index is -0.176. The third-order valence-corrected chi connectivity index (χ3v) is 4.56. The van der Waals surface area contributed by atoms with Crippen molar-refractivity contribution in [3.05, 3.63) is 65.2 Å². The molecular formula is C19H23FN2O. The smallest absolute Gasteiger partial charge is 0.123 e. The Morgan fingerprint density at radius 3 is 3.00 bits per heavy atom. The van der Waals surface area contributed by atoms with Crippen LogP contribution in [0, 0.1) is 11.7 Å². The Labute approximate surface area is 136 Å². The normalized spacial score (nSPS) is 18.4. The molecule has 3 nitrogen and oxygen atoms in total. The lowest BCUT2D eigenvalue weighted by atomic mass is 9.87. The van der Waals surface area contributed by atoms with E-state index in [1.165, 1.54) is 5.56 Å². The fourth-order valence-corrected chi connectivity index (χ4v) is 3.31. The molecule has 0 radical (unpaired) electrons. The van der Waals surface area contributed by atoms with E-state index in [9.17, 15) is 9.50 Å². The highest BCUT2D eigenvalue weighted by molar-refractivity contribution is 5.32. The number of rotatable bonds is 6. The number of hydrogen-bond acceptors (Lipinski definition) is 3. The third kappa shape index (κ3) is 4.15. The van der Waals surface area contributed by atoms with E-state index >= 15 is 0 Å². The lowest BCUT2D eigenvalue weighted by Crippen LogP contribution is -2.32. The Morgan fingerprint density at radius 1 is 1.30 bits per heavy atom. The van der Waals surface area contributed by atoms with E-state index in [0.717, 1.165) is 36.9 Å². The van der Waals surface area contributed by atoms with Crippen LogP contribution in [0.2, 0.25) is 0 Å². The number of aryl methyl sites for hydroxylation is 1. The number of nitrogens with one attached hydrogen (secondary N) is 1. The molecule has 2 N–H and O–H groups in total. The van der Waals surface area contributed by atoms with Crippen LogP contribution in [0.5, 0.6) is 0 Å². The minimum Gasteiger partial charge on any atom is -0.396 e. The maximum atomic E-state index is 13.5. The summed E-state index contributed by atoms with van der Waals surface area (Å²) in [7, 11) is 0. The van der Waals surface area contributed by atoms with Crippen LogP contribution in [-0.2, 0) is 12.8 Å². The molecule has 0 bridgehead atoms. The van der Waals surface area contributed by atoms with E-state index in [4.69, 9.17) is 0 Å². The molecule has 0 fully saturated rings. The first-order chi connectivity index (χ1) is 11.3. The topological polar surface area (TPSA) is 45.1 Å². The maximum Gasteiger partial charge on any atom is 0.123 e. The Morgan fingerprint density at radius 2 is 2.22 bits per heavy atom. The van der Waals surface area contributed by atoms with Gasteiger partial charge in [-0.3, -0.25) is 4.98 Å². The molecule has 0 saturated heterocycles. The molecule has 2 atom stereocenters. The number of aliphatic hydroxyl groups is 1. The van der Waals surface area contributed by atoms with Crippen molar-refractivity contribution in [1.82, 2.24) is 10.3 Å². The van der Waals surface area contributed by atoms with Crippen molar-refractivity contribution in [3.63, 3.8) is 0 Å². The average molecular weight is 314 g/mol. The molecule has 23 heavy (non-hydrogen) atoms. The number of pyridine rings is 1. The molecule has 1 aliphatic rings. The van der Waals surface area contributed by atoms with Gasteiger partial charge in [-0.25, -0.2) is 4.39 Å². The van der Waals surface area contributed by atoms with E-state index in [-0.39, 0.29) is 24.4 Å². The summed E-state index contributed by atoms with van der Waals surface area (Å²) in [5.41, 5.74) is 3.30. The van der Waals surface area contributed by atoms with Gasteiger partial charge in [-0.2, -0.15) is 0 Å². The molecular weight excluding hydrogens is 291 g/mol. The van der Waals surface area contributed by atoms with Crippen LogP contribution < -0.4 is 5.32 Å². The quantitative estimate of drug-likeness (QED) is 0.861. The Balaban J connectivity index is 1.62. The van der Waals surface area contributed by atoms with E-state index < -0.39 is 0 Å². The summed E-state index contributed by atoms with van der Waals surface area (Å²) in [5.74, 6) is -0.0616. The molecule has 4 heteroatoms. The van der Waals surface area contributed by atoms with Crippen molar-refractivity contribution in [2.45, 2.75) is 31.7 Å². The van der Waals surface area contributed by atoms with Gasteiger partial charge in [0.2, 0.25) is 0 Å². The predicted molar refractivity (Wildman–Crippen MR) is 88.6 cm³/mol. The van der Waals surface area contributed by atoms with Gasteiger partial charge < -0.3 is 10.4 Å². The van der Waals surface area contributed by atoms with Crippen molar-refractivity contribution in [2.24, 2.45) is 5.92 Å². The number of benzene rings is 1. The van der Waals surface area contributed by atoms with Crippen LogP contribution in [0.1, 0.15) is 35.7 Å². The fraction of sp³-hybridized carbons (Fsp3) is 0.421. The summed E-state index contributed by atoms with van der Waals surface area (Å²) >= 11 is 0. The highest BCUT2D eigenvalue weighted by Gasteiger charge is 2.21. The van der Waals surface area contributed by atoms with Crippen molar-refractivity contribution in [2.75, 3.05) is 13.2 Å². The second-order valence-corrected chi connectivity index (χ2v) is 6.27. The third-order valence-electron chi connectivity index (χ3n) is 4.56. The lowest BCUT2D eigenvalue weighted by Gasteiger charge is -2.28. The summed E-state index contributed by atoms with van der Waals surface area (Å²) in [6.07, 6.45) is 5.66. The number of halogens is 1. The first-order valence-corrected chi connectivity index (χ1v) is 8.28. The van der Waals surface area contributed by atoms with Gasteiger partial charge in [0.1, 0.15) is 5.82 Å². The lowest BCUT2D eigenvalue weighted by molar-refractivity contribution is 0.215. The Kier molecular flexibility index (Phi) is 5.36. The summed E-state index contributed by atoms with van der Waals surface area (Å²) < 4.78 is 13.5. The number of aliphatic hydroxyl groups excluding tert-OH is 1. The number of fused-ring (bicyclic) bond motifs is 1. The molecule has 2 aromatic rings. The number of aromatic nitrogens is 1. The molecule has 1 aromatic heterocycles. The first-order valence-electron chi connectivity index (χ1n) is 8.28. The molecule has 0 spiro atoms. The zero-order chi connectivity index (χ0) is 16.1. The zero-order valence-electron chi connectivity index (χ0n) is 13.2. The van der Waals surface area contributed by atoms with Gasteiger partial charge in [0.05, 0.1) is 0 Å². The van der Waals surface area contributed by atoms with E-state index in [1.807, 2.05) is 24.3 Å². The molecule has 0 saturated carbocycles. The van der Waals surface area contributed by atoms with Gasteiger partial charge in [0.15, 0.2) is 0 Å². The van der Waals surface area contributed by atoms with Crippen molar-refractivity contribution in [1.29, 1.82) is 0 Å². The fourth-order valence-electron chi connectivity index (χ4n) is 3.31. The number of nitrogens with zero attached hydrogens (tertiary/aromatic N) is 1. The monoisotopic (exact) mass is 314 g/mol. The summed E-state index contributed by atoms with van der Waals surface area (Å²) in [4.78, 5) is 4.32. The second kappa shape index (κ2) is 7.66. The van der Waals surface area contributed by atoms with Gasteiger partial charge in [-0.05, 0) is 67.0 Å². The van der Waals surface area contributed by atoms with E-state index in [0.29, 0.717) is 6.54 Å². The molecule has 3 rings (SSSR count). The van der Waals surface area contributed by atoms with Gasteiger partial charge in [-0.1, -0.05) is 12.1 Å². The zero-order valence-corrected chi connectivity index (χ0v) is 13.2. The average Bonchev–Trinajstić information content (AvgIpc) is 2.59. The molecule has 1 aliphatic carbocycles. The van der Waals surface area contributed by atoms with Gasteiger partial charge in [-0.15, -0.1) is 0 Å². The van der Waals surface area contributed by atoms with Crippen molar-refractivity contribution >= 4 is 0 Å². The highest BCUT2D eigenvalue weighted by Crippen LogP contribution is 2.30. The maximum absolute atomic E-state index is 13.5. The van der Waals surface area contributed by atoms with Crippen LogP contribution in [0.25, 0.3) is 0 Å². The van der Waals surface area contributed by atoms with Gasteiger partial charge in [0, 0.05) is 31.1 Å². The van der Waals surface area contributed by atoms with Gasteiger partial charge >= 0.3 is 0 Å². The van der Waals surface area contributed by atoms with Crippen LogP contribution in [0.3, 0.4) is 0 Å². The minimum absolute atomic E-state index is 0.115. The van der Waals surface area contributed by atoms with E-state index in [2.05, 4.69) is 10.3 Å². The van der Waals surface area contributed by atoms with Crippen LogP contribution in [0.4, 0.5) is 4.39 Å². The van der Waals surface area contributed by atoms with Crippen molar-refractivity contribution in [3.8, 4) is 0 Å². The molecule has 1 aromatic carbocycles. The van der Waals surface area contributed by atoms with E-state index in [1.54, 1.807) is 18.3 Å². The van der Waals surface area contributed by atoms with Crippen LogP contribution >= 0.6 is 0 Å². The first kappa shape index (κ1) is 16.1. The summed E-state index contributed by atoms with van der Waals surface area (Å²) in [6.45, 7) is 0.819. The molecule has 122 valence electrons. The molecule has 2 unspecified atom stereocenters. The SMILES string of the molecule is OCC(CNC1CCCc2ccc(F)cc21)Cc1ccccn1. The van der Waals surface area contributed by atoms with Crippen molar-refractivity contribution < 1.29 is 9.50 Å². The standard InChI is InChI=1S/C19H23FN2O/c20-16-8-7-15-4-3-6-19(18(15)11-16)22-12-14(13-23)10-17-5-1-2-9-21-17/h1-2,5,7-9,11,14,19,22-23H,3-4,6,10,12-13H2. The second-order valence-electron chi connectivity index (χ2n) is 6.27. The molecule has 1 heterocycles. The molecule has 0 amide bonds.